The van der Waals surface area contributed by atoms with Crippen molar-refractivity contribution in [3.05, 3.63) is 29.8 Å². The highest BCUT2D eigenvalue weighted by Gasteiger charge is 2.39. The molecule has 186 valence electrons. The highest BCUT2D eigenvalue weighted by Crippen LogP contribution is 2.23. The van der Waals surface area contributed by atoms with Gasteiger partial charge in [0.15, 0.2) is 0 Å². The van der Waals surface area contributed by atoms with E-state index in [-0.39, 0.29) is 36.5 Å². The molecule has 0 saturated carbocycles. The molecule has 2 heterocycles. The maximum Gasteiger partial charge on any atom is 0.326 e. The van der Waals surface area contributed by atoms with Gasteiger partial charge < -0.3 is 25.4 Å². The molecular formula is C25H35N3O6. The molecule has 0 spiro atoms. The van der Waals surface area contributed by atoms with E-state index in [0.29, 0.717) is 38.2 Å². The number of carboxylic acids is 1. The molecule has 34 heavy (non-hydrogen) atoms. The van der Waals surface area contributed by atoms with Gasteiger partial charge in [0.2, 0.25) is 17.7 Å². The van der Waals surface area contributed by atoms with Gasteiger partial charge in [-0.3, -0.25) is 14.4 Å². The second-order valence-electron chi connectivity index (χ2n) is 10.3. The lowest BCUT2D eigenvalue weighted by Gasteiger charge is -2.30. The number of carbonyl (C=O) groups excluding carboxylic acids is 3. The van der Waals surface area contributed by atoms with Crippen LogP contribution in [0.4, 0.5) is 0 Å². The fourth-order valence-corrected chi connectivity index (χ4v) is 4.43. The van der Waals surface area contributed by atoms with Gasteiger partial charge in [-0.1, -0.05) is 32.9 Å². The maximum atomic E-state index is 13.6. The van der Waals surface area contributed by atoms with Gasteiger partial charge in [0.05, 0.1) is 6.61 Å². The molecule has 1 aromatic carbocycles. The second kappa shape index (κ2) is 10.9. The zero-order valence-corrected chi connectivity index (χ0v) is 20.1. The number of hydrogen-bond donors (Lipinski definition) is 3. The Morgan fingerprint density at radius 2 is 1.97 bits per heavy atom. The summed E-state index contributed by atoms with van der Waals surface area (Å²) in [6, 6.07) is 4.65. The molecule has 1 aromatic rings. The first-order valence-corrected chi connectivity index (χ1v) is 11.9. The van der Waals surface area contributed by atoms with Crippen LogP contribution in [0.2, 0.25) is 0 Å². The summed E-state index contributed by atoms with van der Waals surface area (Å²) in [5.41, 5.74) is 0.577. The van der Waals surface area contributed by atoms with E-state index in [1.807, 2.05) is 39.0 Å². The molecule has 3 rings (SSSR count). The Labute approximate surface area is 200 Å². The lowest BCUT2D eigenvalue weighted by Crippen LogP contribution is -2.56. The first kappa shape index (κ1) is 25.5. The van der Waals surface area contributed by atoms with Gasteiger partial charge in [-0.25, -0.2) is 4.79 Å². The number of nitrogens with zero attached hydrogens (tertiary/aromatic N) is 1. The monoisotopic (exact) mass is 473 g/mol. The third-order valence-electron chi connectivity index (χ3n) is 6.02. The van der Waals surface area contributed by atoms with Crippen molar-refractivity contribution in [2.24, 2.45) is 5.41 Å². The standard InChI is InChI=1S/C25H35N3O6/c1-25(2,3)15-21(29)26-19-14-16-7-4-8-17(13-16)34-12-6-9-18(24(32)33)27-22(30)20-10-5-11-28(20)23(19)31/h4,7-8,13,18-20H,5-6,9-12,14-15H2,1-3H3,(H,26,29)(H,27,30)(H,32,33)/t18-,19-,20-/m0/s1. The van der Waals surface area contributed by atoms with Crippen molar-refractivity contribution < 1.29 is 29.0 Å². The summed E-state index contributed by atoms with van der Waals surface area (Å²) in [7, 11) is 0. The number of rotatable bonds is 3. The SMILES string of the molecule is CC(C)(C)CC(=O)N[C@H]1Cc2cccc(c2)OCCC[C@@H](C(=O)O)NC(=O)[C@@H]2CCCN2C1=O. The minimum atomic E-state index is -1.12. The Bertz CT molecular complexity index is 925. The molecule has 1 saturated heterocycles. The Morgan fingerprint density at radius 3 is 2.68 bits per heavy atom. The predicted octanol–water partition coefficient (Wildman–Crippen LogP) is 1.88. The predicted molar refractivity (Wildman–Crippen MR) is 125 cm³/mol. The summed E-state index contributed by atoms with van der Waals surface area (Å²) in [6.45, 7) is 6.52. The highest BCUT2D eigenvalue weighted by atomic mass is 16.5. The number of amides is 3. The number of aliphatic carboxylic acids is 1. The van der Waals surface area contributed by atoms with Crippen LogP contribution in [-0.4, -0.2) is 65.0 Å². The van der Waals surface area contributed by atoms with E-state index >= 15 is 0 Å². The minimum Gasteiger partial charge on any atom is -0.494 e. The number of hydrogen-bond acceptors (Lipinski definition) is 5. The van der Waals surface area contributed by atoms with E-state index in [9.17, 15) is 24.3 Å². The Morgan fingerprint density at radius 1 is 1.21 bits per heavy atom. The van der Waals surface area contributed by atoms with Crippen molar-refractivity contribution in [3.8, 4) is 5.75 Å². The summed E-state index contributed by atoms with van der Waals surface area (Å²) >= 11 is 0. The summed E-state index contributed by atoms with van der Waals surface area (Å²) in [5, 5.41) is 15.0. The Kier molecular flexibility index (Phi) is 8.17. The van der Waals surface area contributed by atoms with Crippen LogP contribution >= 0.6 is 0 Å². The molecule has 3 N–H and O–H groups in total. The molecule has 3 atom stereocenters. The normalized spacial score (nSPS) is 24.2. The molecule has 0 aromatic heterocycles. The number of carboxylic acid groups (broad SMARTS) is 1. The van der Waals surface area contributed by atoms with E-state index in [1.54, 1.807) is 6.07 Å². The zero-order chi connectivity index (χ0) is 24.9. The minimum absolute atomic E-state index is 0.215. The lowest BCUT2D eigenvalue weighted by molar-refractivity contribution is -0.145. The summed E-state index contributed by atoms with van der Waals surface area (Å²) in [6.07, 6.45) is 2.25. The van der Waals surface area contributed by atoms with Gasteiger partial charge in [-0.05, 0) is 48.8 Å². The van der Waals surface area contributed by atoms with Gasteiger partial charge in [0, 0.05) is 19.4 Å². The smallest absolute Gasteiger partial charge is 0.326 e. The lowest BCUT2D eigenvalue weighted by atomic mass is 9.91. The number of ether oxygens (including phenoxy) is 1. The van der Waals surface area contributed by atoms with Crippen LogP contribution in [0, 0.1) is 5.41 Å². The van der Waals surface area contributed by atoms with Crippen LogP contribution in [-0.2, 0) is 25.6 Å². The van der Waals surface area contributed by atoms with Crippen LogP contribution in [0.5, 0.6) is 5.75 Å². The average Bonchev–Trinajstić information content (AvgIpc) is 3.23. The summed E-state index contributed by atoms with van der Waals surface area (Å²) < 4.78 is 5.77. The van der Waals surface area contributed by atoms with Crippen LogP contribution in [0.25, 0.3) is 0 Å². The van der Waals surface area contributed by atoms with Crippen LogP contribution in [0.1, 0.15) is 58.4 Å². The van der Waals surface area contributed by atoms with Gasteiger partial charge in [-0.15, -0.1) is 0 Å². The van der Waals surface area contributed by atoms with Gasteiger partial charge in [0.1, 0.15) is 23.9 Å². The molecule has 0 unspecified atom stereocenters. The van der Waals surface area contributed by atoms with Crippen molar-refractivity contribution in [2.45, 2.75) is 77.4 Å². The molecule has 0 radical (unpaired) electrons. The average molecular weight is 474 g/mol. The summed E-state index contributed by atoms with van der Waals surface area (Å²) in [4.78, 5) is 52.5. The van der Waals surface area contributed by atoms with Crippen LogP contribution in [0.3, 0.4) is 0 Å². The van der Waals surface area contributed by atoms with E-state index in [4.69, 9.17) is 4.74 Å². The fraction of sp³-hybridized carbons (Fsp3) is 0.600. The quantitative estimate of drug-likeness (QED) is 0.616. The van der Waals surface area contributed by atoms with Crippen molar-refractivity contribution in [3.63, 3.8) is 0 Å². The molecular weight excluding hydrogens is 438 g/mol. The number of fused-ring (bicyclic) bond motifs is 3. The second-order valence-corrected chi connectivity index (χ2v) is 10.3. The fourth-order valence-electron chi connectivity index (χ4n) is 4.43. The van der Waals surface area contributed by atoms with Gasteiger partial charge in [-0.2, -0.15) is 0 Å². The van der Waals surface area contributed by atoms with Crippen LogP contribution < -0.4 is 15.4 Å². The van der Waals surface area contributed by atoms with E-state index in [1.165, 1.54) is 4.90 Å². The van der Waals surface area contributed by atoms with Gasteiger partial charge in [0.25, 0.3) is 0 Å². The highest BCUT2D eigenvalue weighted by molar-refractivity contribution is 5.94. The largest absolute Gasteiger partial charge is 0.494 e. The molecule has 9 nitrogen and oxygen atoms in total. The molecule has 0 aliphatic carbocycles. The van der Waals surface area contributed by atoms with Crippen molar-refractivity contribution in [1.82, 2.24) is 15.5 Å². The third kappa shape index (κ3) is 6.95. The van der Waals surface area contributed by atoms with E-state index in [0.717, 1.165) is 5.56 Å². The van der Waals surface area contributed by atoms with Crippen molar-refractivity contribution in [1.29, 1.82) is 0 Å². The molecule has 2 aliphatic heterocycles. The van der Waals surface area contributed by atoms with E-state index < -0.39 is 30.0 Å². The van der Waals surface area contributed by atoms with Crippen molar-refractivity contribution in [2.75, 3.05) is 13.2 Å². The molecule has 9 heteroatoms. The van der Waals surface area contributed by atoms with E-state index in [2.05, 4.69) is 10.6 Å². The first-order chi connectivity index (χ1) is 16.0. The first-order valence-electron chi connectivity index (χ1n) is 11.9. The number of benzene rings is 1. The maximum absolute atomic E-state index is 13.6. The topological polar surface area (TPSA) is 125 Å². The molecule has 2 bridgehead atoms. The van der Waals surface area contributed by atoms with Crippen LogP contribution in [0.15, 0.2) is 24.3 Å². The Balaban J connectivity index is 1.91. The zero-order valence-electron chi connectivity index (χ0n) is 20.1. The molecule has 1 fully saturated rings. The Hall–Kier alpha value is -3.10. The van der Waals surface area contributed by atoms with Gasteiger partial charge >= 0.3 is 5.97 Å². The summed E-state index contributed by atoms with van der Waals surface area (Å²) in [5.74, 6) is -1.57. The molecule has 2 aliphatic rings. The molecule has 3 amide bonds. The number of nitrogens with one attached hydrogen (secondary N) is 2. The third-order valence-corrected chi connectivity index (χ3v) is 6.02. The number of carbonyl (C=O) groups is 4. The van der Waals surface area contributed by atoms with Crippen molar-refractivity contribution >= 4 is 23.7 Å².